The lowest BCUT2D eigenvalue weighted by Crippen LogP contribution is -2.37. The van der Waals surface area contributed by atoms with Gasteiger partial charge in [-0.3, -0.25) is 4.98 Å². The van der Waals surface area contributed by atoms with Crippen LogP contribution in [-0.4, -0.2) is 21.2 Å². The standard InChI is InChI=1S/C14H13NO3/c16-13(17)14(18,12-6-2-1-3-7-12)9-11-5-4-8-15-10-11/h1-8,10,18H,9H2,(H,16,17). The largest absolute Gasteiger partial charge is 0.479 e. The third kappa shape index (κ3) is 2.38. The first kappa shape index (κ1) is 12.3. The number of hydrogen-bond acceptors (Lipinski definition) is 3. The summed E-state index contributed by atoms with van der Waals surface area (Å²) < 4.78 is 0. The molecule has 1 aromatic carbocycles. The molecule has 92 valence electrons. The first-order chi connectivity index (χ1) is 8.63. The van der Waals surface area contributed by atoms with Crippen molar-refractivity contribution in [3.8, 4) is 0 Å². The number of benzene rings is 1. The molecule has 18 heavy (non-hydrogen) atoms. The molecule has 0 fully saturated rings. The highest BCUT2D eigenvalue weighted by Crippen LogP contribution is 2.25. The number of carboxylic acids is 1. The van der Waals surface area contributed by atoms with Crippen molar-refractivity contribution in [2.24, 2.45) is 0 Å². The van der Waals surface area contributed by atoms with Gasteiger partial charge in [0, 0.05) is 18.8 Å². The Bertz CT molecular complexity index is 527. The number of carbonyl (C=O) groups is 1. The lowest BCUT2D eigenvalue weighted by atomic mass is 9.88. The van der Waals surface area contributed by atoms with Gasteiger partial charge in [0.1, 0.15) is 0 Å². The van der Waals surface area contributed by atoms with Crippen LogP contribution in [0.4, 0.5) is 0 Å². The van der Waals surface area contributed by atoms with Crippen LogP contribution in [0, 0.1) is 0 Å². The molecule has 1 unspecified atom stereocenters. The predicted octanol–water partition coefficient (Wildman–Crippen LogP) is 1.60. The molecule has 0 aliphatic carbocycles. The first-order valence-corrected chi connectivity index (χ1v) is 5.53. The molecule has 0 amide bonds. The third-order valence-electron chi connectivity index (χ3n) is 2.79. The minimum atomic E-state index is -1.93. The third-order valence-corrected chi connectivity index (χ3v) is 2.79. The highest BCUT2D eigenvalue weighted by molar-refractivity contribution is 5.79. The van der Waals surface area contributed by atoms with Crippen LogP contribution in [-0.2, 0) is 16.8 Å². The van der Waals surface area contributed by atoms with Gasteiger partial charge in [0.15, 0.2) is 5.60 Å². The number of aliphatic hydroxyl groups is 1. The molecule has 0 bridgehead atoms. The average Bonchev–Trinajstić information content (AvgIpc) is 2.40. The van der Waals surface area contributed by atoms with E-state index in [4.69, 9.17) is 0 Å². The van der Waals surface area contributed by atoms with Crippen molar-refractivity contribution in [2.45, 2.75) is 12.0 Å². The highest BCUT2D eigenvalue weighted by Gasteiger charge is 2.38. The zero-order chi connectivity index (χ0) is 13.0. The minimum Gasteiger partial charge on any atom is -0.479 e. The number of pyridine rings is 1. The van der Waals surface area contributed by atoms with Crippen molar-refractivity contribution >= 4 is 5.97 Å². The molecular weight excluding hydrogens is 230 g/mol. The van der Waals surface area contributed by atoms with Crippen LogP contribution < -0.4 is 0 Å². The van der Waals surface area contributed by atoms with E-state index in [0.717, 1.165) is 0 Å². The fourth-order valence-electron chi connectivity index (χ4n) is 1.81. The Morgan fingerprint density at radius 3 is 2.44 bits per heavy atom. The Morgan fingerprint density at radius 1 is 1.17 bits per heavy atom. The molecule has 1 heterocycles. The van der Waals surface area contributed by atoms with E-state index < -0.39 is 11.6 Å². The topological polar surface area (TPSA) is 70.4 Å². The van der Waals surface area contributed by atoms with E-state index >= 15 is 0 Å². The SMILES string of the molecule is O=C(O)C(O)(Cc1cccnc1)c1ccccc1. The molecule has 1 aromatic heterocycles. The van der Waals surface area contributed by atoms with Crippen LogP contribution >= 0.6 is 0 Å². The molecule has 0 radical (unpaired) electrons. The van der Waals surface area contributed by atoms with Gasteiger partial charge in [0.05, 0.1) is 0 Å². The molecule has 0 aliphatic rings. The van der Waals surface area contributed by atoms with Crippen LogP contribution in [0.1, 0.15) is 11.1 Å². The van der Waals surface area contributed by atoms with Gasteiger partial charge in [-0.15, -0.1) is 0 Å². The number of aliphatic carboxylic acids is 1. The maximum absolute atomic E-state index is 11.4. The zero-order valence-corrected chi connectivity index (χ0v) is 9.65. The number of aromatic nitrogens is 1. The summed E-state index contributed by atoms with van der Waals surface area (Å²) in [7, 11) is 0. The fraction of sp³-hybridized carbons (Fsp3) is 0.143. The molecule has 0 spiro atoms. The van der Waals surface area contributed by atoms with E-state index in [9.17, 15) is 15.0 Å². The van der Waals surface area contributed by atoms with Gasteiger partial charge in [0.25, 0.3) is 0 Å². The first-order valence-electron chi connectivity index (χ1n) is 5.53. The number of carboxylic acid groups (broad SMARTS) is 1. The molecule has 2 aromatic rings. The van der Waals surface area contributed by atoms with Crippen LogP contribution in [0.3, 0.4) is 0 Å². The van der Waals surface area contributed by atoms with Gasteiger partial charge in [0.2, 0.25) is 0 Å². The summed E-state index contributed by atoms with van der Waals surface area (Å²) >= 11 is 0. The average molecular weight is 243 g/mol. The monoisotopic (exact) mass is 243 g/mol. The van der Waals surface area contributed by atoms with E-state index in [0.29, 0.717) is 11.1 Å². The van der Waals surface area contributed by atoms with Gasteiger partial charge in [-0.2, -0.15) is 0 Å². The van der Waals surface area contributed by atoms with Crippen molar-refractivity contribution in [2.75, 3.05) is 0 Å². The summed E-state index contributed by atoms with van der Waals surface area (Å²) in [6.45, 7) is 0. The summed E-state index contributed by atoms with van der Waals surface area (Å²) in [6.07, 6.45) is 3.14. The minimum absolute atomic E-state index is 0.0137. The molecule has 0 saturated heterocycles. The molecule has 1 atom stereocenters. The normalized spacial score (nSPS) is 13.8. The van der Waals surface area contributed by atoms with Gasteiger partial charge in [-0.05, 0) is 17.2 Å². The Kier molecular flexibility index (Phi) is 3.39. The van der Waals surface area contributed by atoms with Gasteiger partial charge >= 0.3 is 5.97 Å². The summed E-state index contributed by atoms with van der Waals surface area (Å²) in [4.78, 5) is 15.3. The van der Waals surface area contributed by atoms with Crippen LogP contribution in [0.5, 0.6) is 0 Å². The lowest BCUT2D eigenvalue weighted by Gasteiger charge is -2.23. The second kappa shape index (κ2) is 4.98. The summed E-state index contributed by atoms with van der Waals surface area (Å²) in [5, 5.41) is 19.7. The van der Waals surface area contributed by atoms with Crippen LogP contribution in [0.25, 0.3) is 0 Å². The maximum Gasteiger partial charge on any atom is 0.340 e. The fourth-order valence-corrected chi connectivity index (χ4v) is 1.81. The van der Waals surface area contributed by atoms with Crippen molar-refractivity contribution < 1.29 is 15.0 Å². The van der Waals surface area contributed by atoms with Gasteiger partial charge < -0.3 is 10.2 Å². The van der Waals surface area contributed by atoms with Crippen molar-refractivity contribution in [1.82, 2.24) is 4.98 Å². The number of rotatable bonds is 4. The summed E-state index contributed by atoms with van der Waals surface area (Å²) in [6, 6.07) is 11.8. The Hall–Kier alpha value is -2.20. The number of nitrogens with zero attached hydrogens (tertiary/aromatic N) is 1. The quantitative estimate of drug-likeness (QED) is 0.855. The molecule has 0 aliphatic heterocycles. The van der Waals surface area contributed by atoms with Crippen LogP contribution in [0.15, 0.2) is 54.9 Å². The molecular formula is C14H13NO3. The smallest absolute Gasteiger partial charge is 0.340 e. The van der Waals surface area contributed by atoms with Crippen molar-refractivity contribution in [3.63, 3.8) is 0 Å². The summed E-state index contributed by atoms with van der Waals surface area (Å²) in [5.41, 5.74) is -0.891. The van der Waals surface area contributed by atoms with E-state index in [2.05, 4.69) is 4.98 Å². The lowest BCUT2D eigenvalue weighted by molar-refractivity contribution is -0.159. The van der Waals surface area contributed by atoms with Crippen molar-refractivity contribution in [3.05, 3.63) is 66.0 Å². The van der Waals surface area contributed by atoms with E-state index in [1.165, 1.54) is 0 Å². The van der Waals surface area contributed by atoms with E-state index in [-0.39, 0.29) is 6.42 Å². The molecule has 0 saturated carbocycles. The van der Waals surface area contributed by atoms with Crippen LogP contribution in [0.2, 0.25) is 0 Å². The second-order valence-electron chi connectivity index (χ2n) is 4.07. The predicted molar refractivity (Wildman–Crippen MR) is 65.9 cm³/mol. The highest BCUT2D eigenvalue weighted by atomic mass is 16.4. The molecule has 4 heteroatoms. The van der Waals surface area contributed by atoms with Crippen molar-refractivity contribution in [1.29, 1.82) is 0 Å². The molecule has 2 rings (SSSR count). The Labute approximate surface area is 105 Å². The van der Waals surface area contributed by atoms with E-state index in [1.807, 2.05) is 0 Å². The van der Waals surface area contributed by atoms with Gasteiger partial charge in [-0.1, -0.05) is 36.4 Å². The number of hydrogen-bond donors (Lipinski definition) is 2. The Morgan fingerprint density at radius 2 is 1.89 bits per heavy atom. The molecule has 4 nitrogen and oxygen atoms in total. The second-order valence-corrected chi connectivity index (χ2v) is 4.07. The zero-order valence-electron chi connectivity index (χ0n) is 9.65. The van der Waals surface area contributed by atoms with Gasteiger partial charge in [-0.25, -0.2) is 4.79 Å². The molecule has 2 N–H and O–H groups in total. The Balaban J connectivity index is 2.37. The van der Waals surface area contributed by atoms with E-state index in [1.54, 1.807) is 54.9 Å². The summed E-state index contributed by atoms with van der Waals surface area (Å²) in [5.74, 6) is -1.27. The maximum atomic E-state index is 11.4.